The third-order valence-corrected chi connectivity index (χ3v) is 4.40. The van der Waals surface area contributed by atoms with Crippen molar-refractivity contribution in [1.82, 2.24) is 9.47 Å². The number of rotatable bonds is 4. The fourth-order valence-corrected chi connectivity index (χ4v) is 3.05. The number of nitrogens with zero attached hydrogens (tertiary/aromatic N) is 4. The van der Waals surface area contributed by atoms with E-state index in [2.05, 4.69) is 15.1 Å². The number of piperidine rings is 1. The van der Waals surface area contributed by atoms with Crippen molar-refractivity contribution in [2.24, 2.45) is 17.3 Å². The molecule has 2 aromatic rings. The second kappa shape index (κ2) is 6.91. The molecule has 0 saturated carbocycles. The van der Waals surface area contributed by atoms with Gasteiger partial charge in [-0.05, 0) is 32.0 Å². The molecule has 0 radical (unpaired) electrons. The summed E-state index contributed by atoms with van der Waals surface area (Å²) < 4.78 is 1.64. The van der Waals surface area contributed by atoms with Crippen molar-refractivity contribution in [3.05, 3.63) is 24.3 Å². The average Bonchev–Trinajstić information content (AvgIpc) is 2.83. The van der Waals surface area contributed by atoms with Gasteiger partial charge in [0.2, 0.25) is 5.88 Å². The highest BCUT2D eigenvalue weighted by atomic mass is 16.3. The molecule has 0 spiro atoms. The van der Waals surface area contributed by atoms with Crippen molar-refractivity contribution in [3.8, 4) is 5.88 Å². The Bertz CT molecular complexity index is 730. The molecule has 6 nitrogen and oxygen atoms in total. The fraction of sp³-hybridized carbons (Fsp3) is 0.471. The zero-order valence-corrected chi connectivity index (χ0v) is 13.4. The average molecular weight is 314 g/mol. The topological polar surface area (TPSA) is 70.2 Å². The Morgan fingerprint density at radius 3 is 2.74 bits per heavy atom. The third kappa shape index (κ3) is 3.42. The molecule has 0 bridgehead atoms. The summed E-state index contributed by atoms with van der Waals surface area (Å²) in [5.74, 6) is -0.221. The molecule has 122 valence electrons. The summed E-state index contributed by atoms with van der Waals surface area (Å²) in [4.78, 5) is 14.2. The van der Waals surface area contributed by atoms with Crippen molar-refractivity contribution in [2.45, 2.75) is 25.7 Å². The minimum atomic E-state index is -0.247. The van der Waals surface area contributed by atoms with Crippen LogP contribution in [0.4, 0.5) is 5.69 Å². The normalized spacial score (nSPS) is 16.4. The number of aromatic nitrogens is 1. The maximum Gasteiger partial charge on any atom is 0.266 e. The van der Waals surface area contributed by atoms with E-state index in [-0.39, 0.29) is 11.8 Å². The number of amides is 1. The molecule has 1 aliphatic rings. The largest absolute Gasteiger partial charge is 0.493 e. The van der Waals surface area contributed by atoms with Crippen LogP contribution in [0.25, 0.3) is 10.9 Å². The minimum absolute atomic E-state index is 0.0266. The van der Waals surface area contributed by atoms with Gasteiger partial charge >= 0.3 is 0 Å². The lowest BCUT2D eigenvalue weighted by molar-refractivity contribution is -0.118. The van der Waals surface area contributed by atoms with Crippen LogP contribution < -0.4 is 0 Å². The van der Waals surface area contributed by atoms with Gasteiger partial charge in [-0.3, -0.25) is 4.79 Å². The van der Waals surface area contributed by atoms with Crippen molar-refractivity contribution >= 4 is 22.5 Å². The highest BCUT2D eigenvalue weighted by molar-refractivity contribution is 5.95. The van der Waals surface area contributed by atoms with Gasteiger partial charge in [-0.15, -0.1) is 10.2 Å². The summed E-state index contributed by atoms with van der Waals surface area (Å²) in [6.07, 6.45) is 4.07. The maximum atomic E-state index is 11.9. The van der Waals surface area contributed by atoms with Crippen LogP contribution in [0, 0.1) is 0 Å². The molecule has 3 rings (SSSR count). The van der Waals surface area contributed by atoms with Crippen molar-refractivity contribution < 1.29 is 9.90 Å². The monoisotopic (exact) mass is 314 g/mol. The van der Waals surface area contributed by atoms with E-state index in [9.17, 15) is 9.90 Å². The molecule has 1 N–H and O–H groups in total. The van der Waals surface area contributed by atoms with Gasteiger partial charge < -0.3 is 14.6 Å². The van der Waals surface area contributed by atoms with Crippen LogP contribution in [0.3, 0.4) is 0 Å². The molecular formula is C17H22N4O2. The van der Waals surface area contributed by atoms with Crippen LogP contribution in [0.2, 0.25) is 0 Å². The predicted molar refractivity (Wildman–Crippen MR) is 89.0 cm³/mol. The number of likely N-dealkylation sites (tertiary alicyclic amines) is 1. The number of fused-ring (bicyclic) bond motifs is 1. The van der Waals surface area contributed by atoms with Gasteiger partial charge in [0.25, 0.3) is 5.91 Å². The van der Waals surface area contributed by atoms with Crippen LogP contribution >= 0.6 is 0 Å². The standard InChI is InChI=1S/C17H22N4O2/c1-20-14-8-4-3-7-13(14)16(17(20)23)19-18-15(22)9-12-21-10-5-2-6-11-21/h3-4,7-8,23H,2,5-6,9-12H2,1H3. The van der Waals surface area contributed by atoms with Crippen LogP contribution in [-0.4, -0.2) is 40.1 Å². The number of hydrogen-bond donors (Lipinski definition) is 1. The Labute approximate surface area is 135 Å². The van der Waals surface area contributed by atoms with E-state index >= 15 is 0 Å². The van der Waals surface area contributed by atoms with Gasteiger partial charge in [0.05, 0.1) is 5.52 Å². The van der Waals surface area contributed by atoms with Crippen molar-refractivity contribution in [1.29, 1.82) is 0 Å². The van der Waals surface area contributed by atoms with E-state index in [1.165, 1.54) is 19.3 Å². The molecule has 23 heavy (non-hydrogen) atoms. The van der Waals surface area contributed by atoms with Crippen LogP contribution in [0.1, 0.15) is 25.7 Å². The lowest BCUT2D eigenvalue weighted by Gasteiger charge is -2.25. The molecule has 1 aliphatic heterocycles. The first-order valence-electron chi connectivity index (χ1n) is 8.10. The summed E-state index contributed by atoms with van der Waals surface area (Å²) in [6.45, 7) is 2.86. The molecule has 1 aromatic heterocycles. The van der Waals surface area contributed by atoms with E-state index < -0.39 is 0 Å². The smallest absolute Gasteiger partial charge is 0.266 e. The third-order valence-electron chi connectivity index (χ3n) is 4.40. The first-order chi connectivity index (χ1) is 11.2. The lowest BCUT2D eigenvalue weighted by atomic mass is 10.1. The highest BCUT2D eigenvalue weighted by Gasteiger charge is 2.15. The molecule has 2 heterocycles. The van der Waals surface area contributed by atoms with E-state index in [1.54, 1.807) is 11.6 Å². The Balaban J connectivity index is 1.67. The van der Waals surface area contributed by atoms with Gasteiger partial charge in [-0.1, -0.05) is 24.6 Å². The molecular weight excluding hydrogens is 292 g/mol. The summed E-state index contributed by atoms with van der Waals surface area (Å²) in [5, 5.41) is 18.7. The molecule has 1 amide bonds. The molecule has 0 unspecified atom stereocenters. The number of carbonyl (C=O) groups is 1. The molecule has 0 atom stereocenters. The van der Waals surface area contributed by atoms with E-state index in [4.69, 9.17) is 0 Å². The van der Waals surface area contributed by atoms with Gasteiger partial charge in [0, 0.05) is 25.4 Å². The second-order valence-electron chi connectivity index (χ2n) is 5.99. The number of benzene rings is 1. The molecule has 0 aliphatic carbocycles. The zero-order valence-electron chi connectivity index (χ0n) is 13.4. The Kier molecular flexibility index (Phi) is 4.71. The first kappa shape index (κ1) is 15.7. The first-order valence-corrected chi connectivity index (χ1v) is 8.10. The van der Waals surface area contributed by atoms with Gasteiger partial charge in [-0.25, -0.2) is 0 Å². The van der Waals surface area contributed by atoms with Crippen molar-refractivity contribution in [2.75, 3.05) is 19.6 Å². The number of aryl methyl sites for hydroxylation is 1. The van der Waals surface area contributed by atoms with E-state index in [0.29, 0.717) is 12.1 Å². The van der Waals surface area contributed by atoms with E-state index in [1.807, 2.05) is 24.3 Å². The Hall–Kier alpha value is -2.21. The summed E-state index contributed by atoms with van der Waals surface area (Å²) in [7, 11) is 1.76. The number of azo groups is 1. The van der Waals surface area contributed by atoms with Crippen LogP contribution in [-0.2, 0) is 11.8 Å². The lowest BCUT2D eigenvalue weighted by Crippen LogP contribution is -2.31. The highest BCUT2D eigenvalue weighted by Crippen LogP contribution is 2.37. The second-order valence-corrected chi connectivity index (χ2v) is 5.99. The van der Waals surface area contributed by atoms with Gasteiger partial charge in [-0.2, -0.15) is 0 Å². The number of aromatic hydroxyl groups is 1. The number of carbonyl (C=O) groups excluding carboxylic acids is 1. The molecule has 1 fully saturated rings. The summed E-state index contributed by atoms with van der Waals surface area (Å²) in [5.41, 5.74) is 1.22. The maximum absolute atomic E-state index is 11.9. The molecule has 1 aromatic carbocycles. The quantitative estimate of drug-likeness (QED) is 0.880. The molecule has 1 saturated heterocycles. The Morgan fingerprint density at radius 1 is 1.22 bits per heavy atom. The van der Waals surface area contributed by atoms with Gasteiger partial charge in [0.1, 0.15) is 0 Å². The minimum Gasteiger partial charge on any atom is -0.493 e. The molecule has 6 heteroatoms. The van der Waals surface area contributed by atoms with Crippen molar-refractivity contribution in [3.63, 3.8) is 0 Å². The van der Waals surface area contributed by atoms with Crippen LogP contribution in [0.5, 0.6) is 5.88 Å². The van der Waals surface area contributed by atoms with E-state index in [0.717, 1.165) is 30.5 Å². The predicted octanol–water partition coefficient (Wildman–Crippen LogP) is 3.37. The number of para-hydroxylation sites is 1. The fourth-order valence-electron chi connectivity index (χ4n) is 3.05. The van der Waals surface area contributed by atoms with Gasteiger partial charge in [0.15, 0.2) is 5.69 Å². The summed E-state index contributed by atoms with van der Waals surface area (Å²) in [6, 6.07) is 7.53. The number of hydrogen-bond acceptors (Lipinski definition) is 4. The van der Waals surface area contributed by atoms with Crippen LogP contribution in [0.15, 0.2) is 34.5 Å². The zero-order chi connectivity index (χ0) is 16.2. The summed E-state index contributed by atoms with van der Waals surface area (Å²) >= 11 is 0. The SMILES string of the molecule is Cn1c(O)c(N=NC(=O)CCN2CCCCC2)c2ccccc21. The Morgan fingerprint density at radius 2 is 1.96 bits per heavy atom.